The minimum Gasteiger partial charge on any atom is -0.786 e. The zero-order chi connectivity index (χ0) is 21.3. The third kappa shape index (κ3) is 59.5. The van der Waals surface area contributed by atoms with Crippen LogP contribution in [0.4, 0.5) is 30.5 Å². The fourth-order valence-electron chi connectivity index (χ4n) is 0.924. The fraction of sp³-hybridized carbons (Fsp3) is 1.00. The summed E-state index contributed by atoms with van der Waals surface area (Å²) in [6, 6.07) is 0. The molecule has 0 aliphatic carbocycles. The number of rotatable bonds is 4. The molecule has 0 unspecified atom stereocenters. The van der Waals surface area contributed by atoms with Gasteiger partial charge in [0.15, 0.2) is 0 Å². The first-order chi connectivity index (χ1) is 10.4. The maximum atomic E-state index is 11.6. The average molecular weight is 410 g/mol. The molecule has 0 saturated carbocycles. The molecule has 5 nitrogen and oxygen atoms in total. The van der Waals surface area contributed by atoms with Gasteiger partial charge in [-0.05, 0) is 0 Å². The zero-order valence-electron chi connectivity index (χ0n) is 15.0. The quantitative estimate of drug-likeness (QED) is 0.405. The summed E-state index contributed by atoms with van der Waals surface area (Å²) in [5.74, 6) is 0. The van der Waals surface area contributed by atoms with Crippen LogP contribution in [0.3, 0.4) is 0 Å². The first kappa shape index (κ1) is 29.3. The van der Waals surface area contributed by atoms with Gasteiger partial charge in [-0.2, -0.15) is 26.3 Å². The largest absolute Gasteiger partial charge is 0.786 e. The molecule has 0 amide bonds. The van der Waals surface area contributed by atoms with Gasteiger partial charge in [0.1, 0.15) is 7.91 Å². The van der Waals surface area contributed by atoms with Crippen LogP contribution in [0.2, 0.25) is 0 Å². The second-order valence-corrected chi connectivity index (χ2v) is 8.05. The Labute approximate surface area is 143 Å². The number of alkyl halides is 6. The number of quaternary nitrogens is 2. The molecule has 0 radical (unpaired) electrons. The molecule has 25 heavy (non-hydrogen) atoms. The van der Waals surface area contributed by atoms with Crippen molar-refractivity contribution < 1.29 is 53.9 Å². The van der Waals surface area contributed by atoms with E-state index in [4.69, 9.17) is 14.4 Å². The molecular weight excluding hydrogens is 384 g/mol. The maximum absolute atomic E-state index is 11.6. The van der Waals surface area contributed by atoms with Crippen LogP contribution < -0.4 is 9.79 Å². The molecule has 0 bridgehead atoms. The monoisotopic (exact) mass is 410 g/mol. The van der Waals surface area contributed by atoms with Crippen molar-refractivity contribution in [2.24, 2.45) is 0 Å². The van der Waals surface area contributed by atoms with Gasteiger partial charge in [0, 0.05) is 0 Å². The second kappa shape index (κ2) is 10.7. The Kier molecular flexibility index (Phi) is 12.5. The first-order valence-corrected chi connectivity index (χ1v) is 8.31. The van der Waals surface area contributed by atoms with Crippen molar-refractivity contribution in [2.45, 2.75) is 25.2 Å². The molecule has 0 N–H and O–H groups in total. The molecule has 156 valence electrons. The Morgan fingerprint density at radius 3 is 0.920 bits per heavy atom. The Morgan fingerprint density at radius 2 is 0.880 bits per heavy atom. The molecule has 0 fully saturated rings. The molecule has 0 aliphatic rings. The summed E-state index contributed by atoms with van der Waals surface area (Å²) in [5.41, 5.74) is 0. The van der Waals surface area contributed by atoms with Crippen LogP contribution >= 0.6 is 7.91 Å². The lowest BCUT2D eigenvalue weighted by Crippen LogP contribution is -2.37. The van der Waals surface area contributed by atoms with Crippen LogP contribution in [-0.4, -0.2) is 76.7 Å². The Hall–Kier alpha value is -0.420. The average Bonchev–Trinajstić information content (AvgIpc) is 2.18. The minimum absolute atomic E-state index is 0.142. The molecule has 0 aliphatic heterocycles. The van der Waals surface area contributed by atoms with Crippen LogP contribution in [0.5, 0.6) is 0 Å². The van der Waals surface area contributed by atoms with E-state index in [1.165, 1.54) is 0 Å². The predicted molar refractivity (Wildman–Crippen MR) is 75.9 cm³/mol. The van der Waals surface area contributed by atoms with Gasteiger partial charge in [-0.15, -0.1) is 0 Å². The van der Waals surface area contributed by atoms with Gasteiger partial charge in [0.25, 0.3) is 0 Å². The van der Waals surface area contributed by atoms with E-state index < -0.39 is 33.1 Å². The van der Waals surface area contributed by atoms with Crippen molar-refractivity contribution >= 4 is 7.91 Å². The van der Waals surface area contributed by atoms with E-state index in [1.807, 2.05) is 0 Å². The smallest absolute Gasteiger partial charge is 0.394 e. The molecule has 0 aromatic rings. The topological polar surface area (TPSA) is 63.2 Å². The molecule has 0 aromatic carbocycles. The summed E-state index contributed by atoms with van der Waals surface area (Å²) >= 11 is 0. The van der Waals surface area contributed by atoms with Gasteiger partial charge in [0.2, 0.25) is 0 Å². The minimum atomic E-state index is -5.64. The Balaban J connectivity index is -0.000000308. The normalized spacial score (nSPS) is 13.4. The van der Waals surface area contributed by atoms with Crippen molar-refractivity contribution in [3.05, 3.63) is 0 Å². The summed E-state index contributed by atoms with van der Waals surface area (Å²) in [4.78, 5) is 16.9. The zero-order valence-corrected chi connectivity index (χ0v) is 15.9. The lowest BCUT2D eigenvalue weighted by molar-refractivity contribution is -0.871. The number of halogens is 7. The van der Waals surface area contributed by atoms with Crippen LogP contribution in [-0.2, 0) is 4.57 Å². The van der Waals surface area contributed by atoms with Crippen molar-refractivity contribution in [3.63, 3.8) is 0 Å². The van der Waals surface area contributed by atoms with E-state index in [9.17, 15) is 30.5 Å². The van der Waals surface area contributed by atoms with Gasteiger partial charge in [0.05, 0.1) is 68.2 Å². The van der Waals surface area contributed by atoms with Gasteiger partial charge in [-0.25, -0.2) is 4.20 Å². The van der Waals surface area contributed by atoms with Crippen LogP contribution in [0, 0.1) is 0 Å². The van der Waals surface area contributed by atoms with E-state index >= 15 is 0 Å². The standard InChI is InChI=1S/2C6H13F3N.FH2O3P/c2*1-10(2,3)5-4-6(7,8)9;1-5(2,3)4/h2*4-5H2,1-3H3;(H2,2,3,4)/q2*+1;/p-2. The van der Waals surface area contributed by atoms with E-state index in [0.29, 0.717) is 8.97 Å². The van der Waals surface area contributed by atoms with E-state index in [-0.39, 0.29) is 13.1 Å². The molecule has 0 heterocycles. The molecule has 0 spiro atoms. The van der Waals surface area contributed by atoms with Gasteiger partial charge in [-0.1, -0.05) is 0 Å². The lowest BCUT2D eigenvalue weighted by Gasteiger charge is -2.24. The number of hydrogen-bond acceptors (Lipinski definition) is 3. The molecule has 13 heteroatoms. The molecule has 0 rings (SSSR count). The summed E-state index contributed by atoms with van der Waals surface area (Å²) in [7, 11) is 4.81. The highest BCUT2D eigenvalue weighted by molar-refractivity contribution is 7.42. The van der Waals surface area contributed by atoms with E-state index in [1.54, 1.807) is 42.3 Å². The summed E-state index contributed by atoms with van der Waals surface area (Å²) in [6.45, 7) is 0.285. The third-order valence-corrected chi connectivity index (χ3v) is 2.13. The second-order valence-electron chi connectivity index (χ2n) is 7.19. The summed E-state index contributed by atoms with van der Waals surface area (Å²) in [5, 5.41) is 0. The van der Waals surface area contributed by atoms with E-state index in [0.717, 1.165) is 0 Å². The van der Waals surface area contributed by atoms with Crippen molar-refractivity contribution in [1.29, 1.82) is 0 Å². The molecule has 0 atom stereocenters. The van der Waals surface area contributed by atoms with Gasteiger partial charge in [-0.3, -0.25) is 0 Å². The van der Waals surface area contributed by atoms with Crippen LogP contribution in [0.15, 0.2) is 0 Å². The fourth-order valence-corrected chi connectivity index (χ4v) is 0.924. The third-order valence-electron chi connectivity index (χ3n) is 2.13. The van der Waals surface area contributed by atoms with Crippen molar-refractivity contribution in [2.75, 3.05) is 55.4 Å². The van der Waals surface area contributed by atoms with Crippen LogP contribution in [0.25, 0.3) is 0 Å². The summed E-state index contributed by atoms with van der Waals surface area (Å²) in [6.07, 6.45) is -9.41. The molecular formula is C12H26F7N2O3P. The van der Waals surface area contributed by atoms with Crippen molar-refractivity contribution in [3.8, 4) is 0 Å². The SMILES string of the molecule is C[N+](C)(C)CCC(F)(F)F.C[N+](C)(C)CCC(F)(F)F.O=P([O-])([O-])F. The summed E-state index contributed by atoms with van der Waals surface area (Å²) < 4.78 is 88.7. The Morgan fingerprint density at radius 1 is 0.720 bits per heavy atom. The predicted octanol–water partition coefficient (Wildman–Crippen LogP) is 2.07. The number of hydrogen-bond donors (Lipinski definition) is 0. The maximum Gasteiger partial charge on any atom is 0.394 e. The lowest BCUT2D eigenvalue weighted by atomic mass is 10.4. The van der Waals surface area contributed by atoms with Gasteiger partial charge < -0.3 is 23.3 Å². The van der Waals surface area contributed by atoms with Crippen molar-refractivity contribution in [1.82, 2.24) is 0 Å². The number of nitrogens with zero attached hydrogens (tertiary/aromatic N) is 2. The highest BCUT2D eigenvalue weighted by atomic mass is 31.2. The highest BCUT2D eigenvalue weighted by Crippen LogP contribution is 2.22. The first-order valence-electron chi connectivity index (χ1n) is 6.87. The highest BCUT2D eigenvalue weighted by Gasteiger charge is 2.30. The van der Waals surface area contributed by atoms with Crippen LogP contribution in [0.1, 0.15) is 12.8 Å². The molecule has 0 saturated heterocycles. The molecule has 0 aromatic heterocycles. The van der Waals surface area contributed by atoms with Gasteiger partial charge >= 0.3 is 12.4 Å². The van der Waals surface area contributed by atoms with E-state index in [2.05, 4.69) is 0 Å². The Bertz CT molecular complexity index is 331.